The zero-order chi connectivity index (χ0) is 7.56. The van der Waals surface area contributed by atoms with E-state index in [-0.39, 0.29) is 6.79 Å². The summed E-state index contributed by atoms with van der Waals surface area (Å²) in [4.78, 5) is 0.627. The zero-order valence-corrected chi connectivity index (χ0v) is 6.36. The van der Waals surface area contributed by atoms with Gasteiger partial charge in [0.1, 0.15) is 0 Å². The molecule has 1 saturated heterocycles. The number of ether oxygens (including phenoxy) is 2. The maximum absolute atomic E-state index is 5.01. The zero-order valence-electron chi connectivity index (χ0n) is 5.46. The van der Waals surface area contributed by atoms with Gasteiger partial charge in [-0.15, -0.1) is 12.6 Å². The van der Waals surface area contributed by atoms with Gasteiger partial charge in [0.15, 0.2) is 11.5 Å². The Labute approximate surface area is 65.2 Å². The summed E-state index contributed by atoms with van der Waals surface area (Å²) < 4.78 is 9.91. The van der Waals surface area contributed by atoms with Crippen LogP contribution < -0.4 is 0 Å². The standard InChI is InChI=1S/C7H8O2S/c1-5(10)3-7-6(2)8-4-9-7/h3,10H,1-2,4H2/b7-3+. The minimum Gasteiger partial charge on any atom is -0.454 e. The Balaban J connectivity index is 2.72. The van der Waals surface area contributed by atoms with E-state index in [9.17, 15) is 0 Å². The molecule has 0 amide bonds. The summed E-state index contributed by atoms with van der Waals surface area (Å²) in [5.74, 6) is 1.15. The van der Waals surface area contributed by atoms with E-state index in [1.165, 1.54) is 0 Å². The fourth-order valence-electron chi connectivity index (χ4n) is 0.589. The lowest BCUT2D eigenvalue weighted by Crippen LogP contribution is -1.79. The van der Waals surface area contributed by atoms with E-state index in [0.717, 1.165) is 0 Å². The molecule has 0 saturated carbocycles. The highest BCUT2D eigenvalue weighted by atomic mass is 32.1. The number of allylic oxidation sites excluding steroid dienone is 1. The molecule has 0 unspecified atom stereocenters. The molecule has 0 bridgehead atoms. The molecule has 0 aromatic carbocycles. The normalized spacial score (nSPS) is 20.5. The van der Waals surface area contributed by atoms with E-state index in [0.29, 0.717) is 16.4 Å². The first-order chi connectivity index (χ1) is 4.70. The molecule has 1 aliphatic heterocycles. The molecule has 0 N–H and O–H groups in total. The molecule has 0 aromatic heterocycles. The maximum Gasteiger partial charge on any atom is 0.231 e. The first-order valence-corrected chi connectivity index (χ1v) is 3.19. The molecule has 10 heavy (non-hydrogen) atoms. The minimum atomic E-state index is 0.242. The van der Waals surface area contributed by atoms with Crippen molar-refractivity contribution in [3.05, 3.63) is 35.7 Å². The van der Waals surface area contributed by atoms with E-state index in [4.69, 9.17) is 9.47 Å². The van der Waals surface area contributed by atoms with Gasteiger partial charge in [0.05, 0.1) is 0 Å². The van der Waals surface area contributed by atoms with Gasteiger partial charge in [-0.05, 0) is 6.08 Å². The van der Waals surface area contributed by atoms with Gasteiger partial charge in [-0.1, -0.05) is 13.2 Å². The van der Waals surface area contributed by atoms with Crippen molar-refractivity contribution in [3.8, 4) is 0 Å². The first-order valence-electron chi connectivity index (χ1n) is 2.74. The summed E-state index contributed by atoms with van der Waals surface area (Å²) >= 11 is 3.97. The Morgan fingerprint density at radius 1 is 1.60 bits per heavy atom. The quantitative estimate of drug-likeness (QED) is 0.584. The van der Waals surface area contributed by atoms with Crippen LogP contribution in [0.15, 0.2) is 35.7 Å². The Hall–Kier alpha value is -0.830. The van der Waals surface area contributed by atoms with Crippen LogP contribution in [0.5, 0.6) is 0 Å². The first kappa shape index (κ1) is 7.28. The van der Waals surface area contributed by atoms with Gasteiger partial charge >= 0.3 is 0 Å². The van der Waals surface area contributed by atoms with Crippen molar-refractivity contribution in [2.24, 2.45) is 0 Å². The van der Waals surface area contributed by atoms with Gasteiger partial charge in [0.2, 0.25) is 6.79 Å². The topological polar surface area (TPSA) is 18.5 Å². The average molecular weight is 156 g/mol. The Morgan fingerprint density at radius 3 is 2.70 bits per heavy atom. The number of hydrogen-bond acceptors (Lipinski definition) is 3. The molecule has 0 spiro atoms. The van der Waals surface area contributed by atoms with Crippen LogP contribution in [0.2, 0.25) is 0 Å². The van der Waals surface area contributed by atoms with Gasteiger partial charge in [-0.2, -0.15) is 0 Å². The molecule has 2 nitrogen and oxygen atoms in total. The SMILES string of the molecule is C=C(S)/C=C1/OCOC1=C. The Kier molecular flexibility index (Phi) is 2.06. The number of hydrogen-bond donors (Lipinski definition) is 1. The largest absolute Gasteiger partial charge is 0.454 e. The number of rotatable bonds is 1. The highest BCUT2D eigenvalue weighted by Crippen LogP contribution is 2.20. The van der Waals surface area contributed by atoms with Crippen LogP contribution in [0.4, 0.5) is 0 Å². The summed E-state index contributed by atoms with van der Waals surface area (Å²) in [6, 6.07) is 0. The van der Waals surface area contributed by atoms with Crippen molar-refractivity contribution in [3.63, 3.8) is 0 Å². The highest BCUT2D eigenvalue weighted by molar-refractivity contribution is 7.84. The second-order valence-electron chi connectivity index (χ2n) is 1.83. The highest BCUT2D eigenvalue weighted by Gasteiger charge is 2.12. The van der Waals surface area contributed by atoms with Crippen molar-refractivity contribution < 1.29 is 9.47 Å². The third kappa shape index (κ3) is 1.57. The van der Waals surface area contributed by atoms with Gasteiger partial charge in [0.25, 0.3) is 0 Å². The summed E-state index contributed by atoms with van der Waals surface area (Å²) in [5, 5.41) is 0. The van der Waals surface area contributed by atoms with Crippen LogP contribution in [0.3, 0.4) is 0 Å². The lowest BCUT2D eigenvalue weighted by molar-refractivity contribution is 0.0980. The molecular weight excluding hydrogens is 148 g/mol. The average Bonchev–Trinajstić information content (AvgIpc) is 2.15. The Morgan fingerprint density at radius 2 is 2.30 bits per heavy atom. The molecule has 1 fully saturated rings. The van der Waals surface area contributed by atoms with Crippen molar-refractivity contribution in [1.82, 2.24) is 0 Å². The molecule has 1 heterocycles. The third-order valence-corrected chi connectivity index (χ3v) is 1.15. The molecule has 54 valence electrons. The molecule has 0 aromatic rings. The second-order valence-corrected chi connectivity index (χ2v) is 2.40. The van der Waals surface area contributed by atoms with Gasteiger partial charge in [-0.3, -0.25) is 0 Å². The summed E-state index contributed by atoms with van der Waals surface area (Å²) in [7, 11) is 0. The monoisotopic (exact) mass is 156 g/mol. The van der Waals surface area contributed by atoms with Crippen LogP contribution in [-0.2, 0) is 9.47 Å². The van der Waals surface area contributed by atoms with Crippen LogP contribution in [-0.4, -0.2) is 6.79 Å². The van der Waals surface area contributed by atoms with Crippen LogP contribution >= 0.6 is 12.6 Å². The van der Waals surface area contributed by atoms with E-state index in [1.54, 1.807) is 6.08 Å². The van der Waals surface area contributed by atoms with E-state index in [1.807, 2.05) is 0 Å². The molecule has 1 rings (SSSR count). The summed E-state index contributed by atoms with van der Waals surface area (Å²) in [6.45, 7) is 7.40. The van der Waals surface area contributed by atoms with E-state index in [2.05, 4.69) is 25.8 Å². The smallest absolute Gasteiger partial charge is 0.231 e. The van der Waals surface area contributed by atoms with Crippen LogP contribution in [0, 0.1) is 0 Å². The van der Waals surface area contributed by atoms with Crippen LogP contribution in [0.1, 0.15) is 0 Å². The second kappa shape index (κ2) is 2.84. The number of thiol groups is 1. The predicted molar refractivity (Wildman–Crippen MR) is 42.4 cm³/mol. The molecule has 0 aliphatic carbocycles. The fourth-order valence-corrected chi connectivity index (χ4v) is 0.706. The third-order valence-electron chi connectivity index (χ3n) is 1.02. The molecule has 0 radical (unpaired) electrons. The van der Waals surface area contributed by atoms with Gasteiger partial charge in [0, 0.05) is 4.91 Å². The predicted octanol–water partition coefficient (Wildman–Crippen LogP) is 1.83. The van der Waals surface area contributed by atoms with Crippen molar-refractivity contribution in [2.45, 2.75) is 0 Å². The molecular formula is C7H8O2S. The van der Waals surface area contributed by atoms with E-state index >= 15 is 0 Å². The lowest BCUT2D eigenvalue weighted by atomic mass is 10.4. The van der Waals surface area contributed by atoms with Gasteiger partial charge in [-0.25, -0.2) is 0 Å². The van der Waals surface area contributed by atoms with Crippen LogP contribution in [0.25, 0.3) is 0 Å². The Bertz CT molecular complexity index is 206. The van der Waals surface area contributed by atoms with Crippen molar-refractivity contribution >= 4 is 12.6 Å². The summed E-state index contributed by atoms with van der Waals surface area (Å²) in [6.07, 6.45) is 1.67. The van der Waals surface area contributed by atoms with Crippen molar-refractivity contribution in [2.75, 3.05) is 6.79 Å². The molecule has 3 heteroatoms. The lowest BCUT2D eigenvalue weighted by Gasteiger charge is -1.92. The molecule has 1 aliphatic rings. The molecule has 0 atom stereocenters. The van der Waals surface area contributed by atoms with Gasteiger partial charge < -0.3 is 9.47 Å². The minimum absolute atomic E-state index is 0.242. The fraction of sp³-hybridized carbons (Fsp3) is 0.143. The maximum atomic E-state index is 5.01. The summed E-state index contributed by atoms with van der Waals surface area (Å²) in [5.41, 5.74) is 0. The van der Waals surface area contributed by atoms with E-state index < -0.39 is 0 Å². The van der Waals surface area contributed by atoms with Crippen molar-refractivity contribution in [1.29, 1.82) is 0 Å².